The summed E-state index contributed by atoms with van der Waals surface area (Å²) in [6.45, 7) is 4.12. The molecule has 2 aliphatic rings. The minimum Gasteiger partial charge on any atom is -0.391 e. The van der Waals surface area contributed by atoms with Crippen LogP contribution in [0.1, 0.15) is 43.6 Å². The van der Waals surface area contributed by atoms with Crippen molar-refractivity contribution < 1.29 is 23.1 Å². The average molecular weight is 345 g/mol. The fraction of sp³-hybridized carbons (Fsp3) is 0.750. The van der Waals surface area contributed by atoms with Crippen LogP contribution < -0.4 is 0 Å². The van der Waals surface area contributed by atoms with Crippen molar-refractivity contribution in [2.45, 2.75) is 58.4 Å². The third-order valence-corrected chi connectivity index (χ3v) is 5.06. The van der Waals surface area contributed by atoms with Crippen LogP contribution in [0.4, 0.5) is 13.2 Å². The Morgan fingerprint density at radius 2 is 2.00 bits per heavy atom. The van der Waals surface area contributed by atoms with E-state index < -0.39 is 23.4 Å². The zero-order valence-corrected chi connectivity index (χ0v) is 13.9. The average Bonchev–Trinajstić information content (AvgIpc) is 2.97. The minimum atomic E-state index is -4.50. The maximum absolute atomic E-state index is 13.2. The van der Waals surface area contributed by atoms with Gasteiger partial charge in [-0.2, -0.15) is 18.3 Å². The van der Waals surface area contributed by atoms with Gasteiger partial charge in [-0.3, -0.25) is 9.48 Å². The number of hydrogen-bond acceptors (Lipinski definition) is 3. The van der Waals surface area contributed by atoms with E-state index in [2.05, 4.69) is 5.10 Å². The minimum absolute atomic E-state index is 0.207. The Balaban J connectivity index is 1.83. The van der Waals surface area contributed by atoms with Gasteiger partial charge >= 0.3 is 6.18 Å². The van der Waals surface area contributed by atoms with Crippen LogP contribution in [0.3, 0.4) is 0 Å². The van der Waals surface area contributed by atoms with Crippen LogP contribution in [0.25, 0.3) is 0 Å². The number of alkyl halides is 3. The van der Waals surface area contributed by atoms with Crippen LogP contribution in [-0.2, 0) is 30.4 Å². The van der Waals surface area contributed by atoms with Crippen molar-refractivity contribution in [3.63, 3.8) is 0 Å². The number of halogens is 3. The fourth-order valence-electron chi connectivity index (χ4n) is 3.57. The first-order valence-corrected chi connectivity index (χ1v) is 8.21. The van der Waals surface area contributed by atoms with Crippen LogP contribution in [0.15, 0.2) is 0 Å². The molecule has 0 saturated carbocycles. The van der Waals surface area contributed by atoms with Crippen molar-refractivity contribution in [3.05, 3.63) is 17.0 Å². The lowest BCUT2D eigenvalue weighted by Gasteiger charge is -2.21. The van der Waals surface area contributed by atoms with Gasteiger partial charge in [0.1, 0.15) is 6.54 Å². The summed E-state index contributed by atoms with van der Waals surface area (Å²) in [5, 5.41) is 13.7. The van der Waals surface area contributed by atoms with Crippen LogP contribution in [-0.4, -0.2) is 44.9 Å². The molecule has 5 nitrogen and oxygen atoms in total. The van der Waals surface area contributed by atoms with Gasteiger partial charge < -0.3 is 10.0 Å². The highest BCUT2D eigenvalue weighted by atomic mass is 19.4. The number of carbonyl (C=O) groups excluding carboxylic acids is 1. The van der Waals surface area contributed by atoms with E-state index in [0.29, 0.717) is 31.5 Å². The SMILES string of the molecule is CC1(C)CN(C(=O)Cn2nc(C(F)(F)F)c3c2CCCC3)CC1O. The quantitative estimate of drug-likeness (QED) is 0.892. The van der Waals surface area contributed by atoms with Gasteiger partial charge in [-0.05, 0) is 25.7 Å². The molecule has 1 aromatic heterocycles. The van der Waals surface area contributed by atoms with E-state index in [1.807, 2.05) is 13.8 Å². The monoisotopic (exact) mass is 345 g/mol. The third kappa shape index (κ3) is 3.03. The first-order chi connectivity index (χ1) is 11.1. The van der Waals surface area contributed by atoms with Crippen LogP contribution in [0, 0.1) is 5.41 Å². The van der Waals surface area contributed by atoms with E-state index in [1.54, 1.807) is 0 Å². The Morgan fingerprint density at radius 1 is 1.33 bits per heavy atom. The first kappa shape index (κ1) is 17.3. The normalized spacial score (nSPS) is 23.4. The van der Waals surface area contributed by atoms with Gasteiger partial charge in [0.25, 0.3) is 0 Å². The predicted molar refractivity (Wildman–Crippen MR) is 80.2 cm³/mol. The number of nitrogens with zero attached hydrogens (tertiary/aromatic N) is 3. The van der Waals surface area contributed by atoms with Gasteiger partial charge in [0, 0.05) is 29.8 Å². The molecular weight excluding hydrogens is 323 g/mol. The van der Waals surface area contributed by atoms with Crippen LogP contribution in [0.2, 0.25) is 0 Å². The molecule has 0 radical (unpaired) electrons. The number of rotatable bonds is 2. The van der Waals surface area contributed by atoms with E-state index in [1.165, 1.54) is 9.58 Å². The molecule has 1 fully saturated rings. The first-order valence-electron chi connectivity index (χ1n) is 8.21. The van der Waals surface area contributed by atoms with Crippen molar-refractivity contribution in [2.24, 2.45) is 5.41 Å². The highest BCUT2D eigenvalue weighted by Gasteiger charge is 2.42. The zero-order chi connectivity index (χ0) is 17.7. The standard InChI is InChI=1S/C16H22F3N3O2/c1-15(2)9-21(7-12(15)23)13(24)8-22-11-6-4-3-5-10(11)14(20-22)16(17,18)19/h12,23H,3-9H2,1-2H3. The van der Waals surface area contributed by atoms with Crippen LogP contribution in [0.5, 0.6) is 0 Å². The maximum atomic E-state index is 13.2. The number of amides is 1. The van der Waals surface area contributed by atoms with Gasteiger partial charge in [0.2, 0.25) is 5.91 Å². The molecule has 0 bridgehead atoms. The summed E-state index contributed by atoms with van der Waals surface area (Å²) in [6.07, 6.45) is -2.74. The molecular formula is C16H22F3N3O2. The molecule has 24 heavy (non-hydrogen) atoms. The molecule has 1 atom stereocenters. The molecule has 1 N–H and O–H groups in total. The zero-order valence-electron chi connectivity index (χ0n) is 13.9. The summed E-state index contributed by atoms with van der Waals surface area (Å²) in [4.78, 5) is 14.0. The molecule has 2 heterocycles. The highest BCUT2D eigenvalue weighted by molar-refractivity contribution is 5.76. The molecule has 0 spiro atoms. The topological polar surface area (TPSA) is 58.4 Å². The molecule has 1 saturated heterocycles. The fourth-order valence-corrected chi connectivity index (χ4v) is 3.57. The number of β-amino-alcohol motifs (C(OH)–C–C–N with tert-alkyl or cyclic N) is 1. The summed E-state index contributed by atoms with van der Waals surface area (Å²) in [5.41, 5.74) is -0.493. The summed E-state index contributed by atoms with van der Waals surface area (Å²) < 4.78 is 40.7. The number of aliphatic hydroxyl groups excluding tert-OH is 1. The number of fused-ring (bicyclic) bond motifs is 1. The Morgan fingerprint density at radius 3 is 2.58 bits per heavy atom. The lowest BCUT2D eigenvalue weighted by molar-refractivity contribution is -0.142. The summed E-state index contributed by atoms with van der Waals surface area (Å²) in [7, 11) is 0. The molecule has 1 aromatic rings. The Labute approximate surface area is 138 Å². The second-order valence-corrected chi connectivity index (χ2v) is 7.42. The second kappa shape index (κ2) is 5.75. The second-order valence-electron chi connectivity index (χ2n) is 7.42. The van der Waals surface area contributed by atoms with Crippen molar-refractivity contribution in [1.82, 2.24) is 14.7 Å². The molecule has 134 valence electrons. The maximum Gasteiger partial charge on any atom is 0.435 e. The Kier molecular flexibility index (Phi) is 4.14. The molecule has 1 aliphatic heterocycles. The van der Waals surface area contributed by atoms with E-state index >= 15 is 0 Å². The van der Waals surface area contributed by atoms with Crippen molar-refractivity contribution in [3.8, 4) is 0 Å². The summed E-state index contributed by atoms with van der Waals surface area (Å²) in [5.74, 6) is -0.302. The van der Waals surface area contributed by atoms with E-state index in [9.17, 15) is 23.1 Å². The smallest absolute Gasteiger partial charge is 0.391 e. The number of carbonyl (C=O) groups is 1. The van der Waals surface area contributed by atoms with E-state index in [0.717, 1.165) is 6.42 Å². The molecule has 1 unspecified atom stereocenters. The number of hydrogen-bond donors (Lipinski definition) is 1. The summed E-state index contributed by atoms with van der Waals surface area (Å²) >= 11 is 0. The van der Waals surface area contributed by atoms with Gasteiger partial charge in [-0.1, -0.05) is 13.8 Å². The largest absolute Gasteiger partial charge is 0.435 e. The van der Waals surface area contributed by atoms with Crippen molar-refractivity contribution >= 4 is 5.91 Å². The Bertz CT molecular complexity index is 652. The van der Waals surface area contributed by atoms with Crippen molar-refractivity contribution in [2.75, 3.05) is 13.1 Å². The lowest BCUT2D eigenvalue weighted by atomic mass is 9.90. The molecule has 8 heteroatoms. The van der Waals surface area contributed by atoms with Crippen LogP contribution >= 0.6 is 0 Å². The number of aliphatic hydroxyl groups is 1. The van der Waals surface area contributed by atoms with Gasteiger partial charge in [-0.25, -0.2) is 0 Å². The van der Waals surface area contributed by atoms with Crippen molar-refractivity contribution in [1.29, 1.82) is 0 Å². The Hall–Kier alpha value is -1.57. The van der Waals surface area contributed by atoms with E-state index in [4.69, 9.17) is 0 Å². The molecule has 0 aromatic carbocycles. The summed E-state index contributed by atoms with van der Waals surface area (Å²) in [6, 6.07) is 0. The molecule has 1 aliphatic carbocycles. The molecule has 3 rings (SSSR count). The lowest BCUT2D eigenvalue weighted by Crippen LogP contribution is -2.34. The van der Waals surface area contributed by atoms with Gasteiger partial charge in [-0.15, -0.1) is 0 Å². The number of aromatic nitrogens is 2. The van der Waals surface area contributed by atoms with Gasteiger partial charge in [0.15, 0.2) is 5.69 Å². The van der Waals surface area contributed by atoms with E-state index in [-0.39, 0.29) is 24.6 Å². The number of likely N-dealkylation sites (tertiary alicyclic amines) is 1. The molecule has 1 amide bonds. The highest BCUT2D eigenvalue weighted by Crippen LogP contribution is 2.36. The van der Waals surface area contributed by atoms with Gasteiger partial charge in [0.05, 0.1) is 6.10 Å². The third-order valence-electron chi connectivity index (χ3n) is 5.06. The predicted octanol–water partition coefficient (Wildman–Crippen LogP) is 2.01.